The van der Waals surface area contributed by atoms with Crippen LogP contribution in [0.5, 0.6) is 0 Å². The van der Waals surface area contributed by atoms with E-state index in [0.717, 1.165) is 12.5 Å². The van der Waals surface area contributed by atoms with Crippen molar-refractivity contribution in [1.29, 1.82) is 0 Å². The first-order chi connectivity index (χ1) is 9.76. The number of ether oxygens (including phenoxy) is 1. The maximum absolute atomic E-state index is 6.43. The molecule has 1 N–H and O–H groups in total. The monoisotopic (exact) mass is 296 g/mol. The van der Waals surface area contributed by atoms with Gasteiger partial charge in [0.2, 0.25) is 0 Å². The lowest BCUT2D eigenvalue weighted by Gasteiger charge is -2.37. The molecule has 3 nitrogen and oxygen atoms in total. The molecule has 2 unspecified atom stereocenters. The van der Waals surface area contributed by atoms with Crippen molar-refractivity contribution in [3.05, 3.63) is 0 Å². The molecule has 2 aliphatic rings. The van der Waals surface area contributed by atoms with Crippen molar-refractivity contribution in [2.24, 2.45) is 11.8 Å². The molecule has 0 spiro atoms. The second-order valence-corrected chi connectivity index (χ2v) is 8.33. The topological polar surface area (TPSA) is 24.5 Å². The largest absolute Gasteiger partial charge is 0.368 e. The highest BCUT2D eigenvalue weighted by Gasteiger charge is 2.53. The minimum absolute atomic E-state index is 0.0437. The third-order valence-electron chi connectivity index (χ3n) is 5.52. The fraction of sp³-hybridized carbons (Fsp3) is 1.00. The Bertz CT molecular complexity index is 332. The Morgan fingerprint density at radius 1 is 1.10 bits per heavy atom. The fourth-order valence-electron chi connectivity index (χ4n) is 4.24. The summed E-state index contributed by atoms with van der Waals surface area (Å²) in [5.41, 5.74) is -0.121. The van der Waals surface area contributed by atoms with E-state index in [0.29, 0.717) is 12.0 Å². The summed E-state index contributed by atoms with van der Waals surface area (Å²) in [6.07, 6.45) is 3.88. The fourth-order valence-corrected chi connectivity index (χ4v) is 4.24. The highest BCUT2D eigenvalue weighted by Crippen LogP contribution is 2.43. The summed E-state index contributed by atoms with van der Waals surface area (Å²) in [5.74, 6) is 1.46. The molecular weight excluding hydrogens is 260 g/mol. The number of hydrogen-bond donors (Lipinski definition) is 1. The van der Waals surface area contributed by atoms with Crippen molar-refractivity contribution in [1.82, 2.24) is 10.2 Å². The number of likely N-dealkylation sites (tertiary alicyclic amines) is 1. The summed E-state index contributed by atoms with van der Waals surface area (Å²) in [6, 6.07) is 0.451. The van der Waals surface area contributed by atoms with Gasteiger partial charge in [-0.3, -0.25) is 0 Å². The Kier molecular flexibility index (Phi) is 5.38. The third-order valence-corrected chi connectivity index (χ3v) is 5.52. The first kappa shape index (κ1) is 17.2. The van der Waals surface area contributed by atoms with Crippen LogP contribution in [-0.2, 0) is 4.74 Å². The van der Waals surface area contributed by atoms with Gasteiger partial charge in [-0.25, -0.2) is 0 Å². The Labute approximate surface area is 131 Å². The molecule has 2 atom stereocenters. The lowest BCUT2D eigenvalue weighted by atomic mass is 9.81. The normalized spacial score (nSPS) is 33.4. The van der Waals surface area contributed by atoms with Crippen LogP contribution in [0.4, 0.5) is 0 Å². The van der Waals surface area contributed by atoms with Gasteiger partial charge in [0.1, 0.15) is 0 Å². The highest BCUT2D eigenvalue weighted by molar-refractivity contribution is 5.06. The van der Waals surface area contributed by atoms with E-state index < -0.39 is 0 Å². The van der Waals surface area contributed by atoms with E-state index in [1.54, 1.807) is 0 Å². The summed E-state index contributed by atoms with van der Waals surface area (Å²) in [6.45, 7) is 18.4. The van der Waals surface area contributed by atoms with Crippen molar-refractivity contribution in [2.45, 2.75) is 78.0 Å². The standard InChI is InChI=1S/C18H36N2O/c1-7-10-19-16-15(17(3,4)21-18(16,5)6)13-20-11-8-14(2)9-12-20/h14-16,19H,7-13H2,1-6H3. The van der Waals surface area contributed by atoms with E-state index in [-0.39, 0.29) is 11.2 Å². The van der Waals surface area contributed by atoms with Crippen LogP contribution in [0.3, 0.4) is 0 Å². The molecule has 3 heteroatoms. The molecule has 0 amide bonds. The van der Waals surface area contributed by atoms with Crippen LogP contribution in [0.25, 0.3) is 0 Å². The molecule has 2 saturated heterocycles. The minimum atomic E-state index is -0.0770. The number of hydrogen-bond acceptors (Lipinski definition) is 3. The van der Waals surface area contributed by atoms with Crippen LogP contribution in [0.1, 0.15) is 60.8 Å². The smallest absolute Gasteiger partial charge is 0.0790 e. The van der Waals surface area contributed by atoms with Gasteiger partial charge in [0.15, 0.2) is 0 Å². The predicted octanol–water partition coefficient (Wildman–Crippen LogP) is 3.29. The number of nitrogens with zero attached hydrogens (tertiary/aromatic N) is 1. The van der Waals surface area contributed by atoms with Crippen LogP contribution >= 0.6 is 0 Å². The van der Waals surface area contributed by atoms with Crippen LogP contribution in [-0.4, -0.2) is 48.3 Å². The molecule has 0 radical (unpaired) electrons. The molecule has 0 bridgehead atoms. The van der Waals surface area contributed by atoms with Crippen molar-refractivity contribution >= 4 is 0 Å². The number of nitrogens with one attached hydrogen (secondary N) is 1. The Hall–Kier alpha value is -0.120. The Morgan fingerprint density at radius 2 is 1.71 bits per heavy atom. The maximum Gasteiger partial charge on any atom is 0.0790 e. The molecule has 0 aromatic rings. The number of piperidine rings is 1. The molecule has 0 aliphatic carbocycles. The maximum atomic E-state index is 6.43. The van der Waals surface area contributed by atoms with Crippen LogP contribution in [0.15, 0.2) is 0 Å². The van der Waals surface area contributed by atoms with E-state index in [1.807, 2.05) is 0 Å². The summed E-state index contributed by atoms with van der Waals surface area (Å²) in [5, 5.41) is 3.77. The lowest BCUT2D eigenvalue weighted by Crippen LogP contribution is -2.52. The molecule has 2 fully saturated rings. The van der Waals surface area contributed by atoms with Gasteiger partial charge in [0.25, 0.3) is 0 Å². The molecule has 0 aromatic heterocycles. The molecule has 124 valence electrons. The van der Waals surface area contributed by atoms with E-state index in [1.165, 1.54) is 38.9 Å². The second-order valence-electron chi connectivity index (χ2n) is 8.33. The highest BCUT2D eigenvalue weighted by atomic mass is 16.5. The SMILES string of the molecule is CCCNC1C(CN2CCC(C)CC2)C(C)(C)OC1(C)C. The van der Waals surface area contributed by atoms with Crippen molar-refractivity contribution in [3.8, 4) is 0 Å². The van der Waals surface area contributed by atoms with E-state index >= 15 is 0 Å². The van der Waals surface area contributed by atoms with Gasteiger partial charge in [0, 0.05) is 18.5 Å². The first-order valence-electron chi connectivity index (χ1n) is 8.92. The third kappa shape index (κ3) is 4.00. The Morgan fingerprint density at radius 3 is 2.29 bits per heavy atom. The van der Waals surface area contributed by atoms with Crippen LogP contribution in [0.2, 0.25) is 0 Å². The van der Waals surface area contributed by atoms with Crippen molar-refractivity contribution in [2.75, 3.05) is 26.2 Å². The van der Waals surface area contributed by atoms with Crippen molar-refractivity contribution in [3.63, 3.8) is 0 Å². The predicted molar refractivity (Wildman–Crippen MR) is 89.7 cm³/mol. The average molecular weight is 296 g/mol. The average Bonchev–Trinajstić information content (AvgIpc) is 2.55. The molecule has 2 aliphatic heterocycles. The van der Waals surface area contributed by atoms with Gasteiger partial charge in [-0.15, -0.1) is 0 Å². The molecule has 21 heavy (non-hydrogen) atoms. The van der Waals surface area contributed by atoms with Crippen LogP contribution < -0.4 is 5.32 Å². The summed E-state index contributed by atoms with van der Waals surface area (Å²) in [7, 11) is 0. The van der Waals surface area contributed by atoms with E-state index in [4.69, 9.17) is 4.74 Å². The van der Waals surface area contributed by atoms with Gasteiger partial charge in [-0.05, 0) is 72.5 Å². The zero-order valence-corrected chi connectivity index (χ0v) is 15.0. The molecule has 2 heterocycles. The summed E-state index contributed by atoms with van der Waals surface area (Å²) >= 11 is 0. The molecule has 2 rings (SSSR count). The second kappa shape index (κ2) is 6.55. The molecule has 0 saturated carbocycles. The van der Waals surface area contributed by atoms with Gasteiger partial charge in [-0.1, -0.05) is 13.8 Å². The zero-order chi connectivity index (χ0) is 15.7. The lowest BCUT2D eigenvalue weighted by molar-refractivity contribution is -0.0800. The quantitative estimate of drug-likeness (QED) is 0.842. The van der Waals surface area contributed by atoms with Gasteiger partial charge < -0.3 is 15.0 Å². The summed E-state index contributed by atoms with van der Waals surface area (Å²) in [4.78, 5) is 2.66. The van der Waals surface area contributed by atoms with Gasteiger partial charge >= 0.3 is 0 Å². The number of rotatable bonds is 5. The van der Waals surface area contributed by atoms with E-state index in [2.05, 4.69) is 51.8 Å². The van der Waals surface area contributed by atoms with Crippen LogP contribution in [0, 0.1) is 11.8 Å². The zero-order valence-electron chi connectivity index (χ0n) is 15.0. The minimum Gasteiger partial charge on any atom is -0.368 e. The van der Waals surface area contributed by atoms with Gasteiger partial charge in [-0.2, -0.15) is 0 Å². The van der Waals surface area contributed by atoms with E-state index in [9.17, 15) is 0 Å². The van der Waals surface area contributed by atoms with Crippen molar-refractivity contribution < 1.29 is 4.74 Å². The first-order valence-corrected chi connectivity index (χ1v) is 8.92. The molecule has 0 aromatic carbocycles. The van der Waals surface area contributed by atoms with Gasteiger partial charge in [0.05, 0.1) is 11.2 Å². The summed E-state index contributed by atoms with van der Waals surface area (Å²) < 4.78 is 6.43. The molecular formula is C18H36N2O. The Balaban J connectivity index is 2.05.